The number of rotatable bonds is 2. The summed E-state index contributed by atoms with van der Waals surface area (Å²) >= 11 is 0. The number of hydrogen-bond donors (Lipinski definition) is 1. The molecule has 0 bridgehead atoms. The summed E-state index contributed by atoms with van der Waals surface area (Å²) in [5.41, 5.74) is 0.218. The van der Waals surface area contributed by atoms with Crippen molar-refractivity contribution in [3.8, 4) is 0 Å². The van der Waals surface area contributed by atoms with Gasteiger partial charge in [-0.2, -0.15) is 0 Å². The lowest BCUT2D eigenvalue weighted by molar-refractivity contribution is 0.0701. The highest BCUT2D eigenvalue weighted by molar-refractivity contribution is 4.85. The summed E-state index contributed by atoms with van der Waals surface area (Å²) in [5.74, 6) is 0.326. The van der Waals surface area contributed by atoms with Gasteiger partial charge in [0.1, 0.15) is 0 Å². The molecule has 11 heavy (non-hydrogen) atoms. The maximum atomic E-state index is 9.53. The van der Waals surface area contributed by atoms with Crippen LogP contribution in [-0.4, -0.2) is 24.4 Å². The highest BCUT2D eigenvalue weighted by Gasteiger charge is 2.37. The van der Waals surface area contributed by atoms with E-state index in [1.54, 1.807) is 0 Å². The summed E-state index contributed by atoms with van der Waals surface area (Å²) in [7, 11) is 0. The van der Waals surface area contributed by atoms with E-state index in [0.29, 0.717) is 12.5 Å². The molecule has 1 aliphatic rings. The van der Waals surface area contributed by atoms with Gasteiger partial charge in [0.05, 0.1) is 19.3 Å². The van der Waals surface area contributed by atoms with E-state index in [-0.39, 0.29) is 11.5 Å². The van der Waals surface area contributed by atoms with Gasteiger partial charge >= 0.3 is 0 Å². The van der Waals surface area contributed by atoms with Crippen molar-refractivity contribution >= 4 is 0 Å². The van der Waals surface area contributed by atoms with E-state index < -0.39 is 0 Å². The molecular formula is C9H18O2. The summed E-state index contributed by atoms with van der Waals surface area (Å²) in [4.78, 5) is 0. The minimum absolute atomic E-state index is 0.218. The maximum absolute atomic E-state index is 9.53. The van der Waals surface area contributed by atoms with Crippen LogP contribution in [0.25, 0.3) is 0 Å². The van der Waals surface area contributed by atoms with E-state index in [4.69, 9.17) is 4.74 Å². The lowest BCUT2D eigenvalue weighted by Crippen LogP contribution is -2.32. The van der Waals surface area contributed by atoms with Crippen LogP contribution >= 0.6 is 0 Å². The van der Waals surface area contributed by atoms with Crippen molar-refractivity contribution in [3.05, 3.63) is 0 Å². The van der Waals surface area contributed by atoms with E-state index >= 15 is 0 Å². The van der Waals surface area contributed by atoms with Crippen molar-refractivity contribution in [2.75, 3.05) is 13.2 Å². The molecule has 2 nitrogen and oxygen atoms in total. The fraction of sp³-hybridized carbons (Fsp3) is 1.00. The molecule has 0 aromatic carbocycles. The second-order valence-electron chi connectivity index (χ2n) is 4.05. The van der Waals surface area contributed by atoms with Gasteiger partial charge in [-0.1, -0.05) is 27.2 Å². The van der Waals surface area contributed by atoms with E-state index in [0.717, 1.165) is 13.0 Å². The Morgan fingerprint density at radius 2 is 2.09 bits per heavy atom. The van der Waals surface area contributed by atoms with Crippen LogP contribution in [0, 0.1) is 11.3 Å². The molecule has 0 radical (unpaired) electrons. The largest absolute Gasteiger partial charge is 0.390 e. The van der Waals surface area contributed by atoms with Gasteiger partial charge in [0.15, 0.2) is 0 Å². The fourth-order valence-corrected chi connectivity index (χ4v) is 1.55. The van der Waals surface area contributed by atoms with Crippen molar-refractivity contribution in [2.45, 2.75) is 33.3 Å². The molecule has 2 atom stereocenters. The molecule has 1 N–H and O–H groups in total. The molecule has 0 amide bonds. The second kappa shape index (κ2) is 3.11. The number of hydrogen-bond acceptors (Lipinski definition) is 2. The van der Waals surface area contributed by atoms with Crippen LogP contribution in [0.4, 0.5) is 0 Å². The molecule has 0 unspecified atom stereocenters. The SMILES string of the molecule is CCC(C)(C)[C@@H]1COC[C@H]1O. The fourth-order valence-electron chi connectivity index (χ4n) is 1.55. The average molecular weight is 158 g/mol. The Morgan fingerprint density at radius 3 is 2.45 bits per heavy atom. The third-order valence-corrected chi connectivity index (χ3v) is 2.97. The van der Waals surface area contributed by atoms with Crippen LogP contribution in [0.3, 0.4) is 0 Å². The molecule has 2 heteroatoms. The first-order valence-electron chi connectivity index (χ1n) is 4.33. The number of ether oxygens (including phenoxy) is 1. The molecule has 0 aromatic heterocycles. The summed E-state index contributed by atoms with van der Waals surface area (Å²) in [6, 6.07) is 0. The Balaban J connectivity index is 2.58. The molecule has 1 fully saturated rings. The summed E-state index contributed by atoms with van der Waals surface area (Å²) in [6.07, 6.45) is 0.850. The lowest BCUT2D eigenvalue weighted by Gasteiger charge is -2.31. The van der Waals surface area contributed by atoms with Crippen LogP contribution in [-0.2, 0) is 4.74 Å². The zero-order valence-corrected chi connectivity index (χ0v) is 7.63. The average Bonchev–Trinajstić information content (AvgIpc) is 2.36. The van der Waals surface area contributed by atoms with E-state index in [9.17, 15) is 5.11 Å². The van der Waals surface area contributed by atoms with Crippen molar-refractivity contribution < 1.29 is 9.84 Å². The molecule has 1 heterocycles. The first-order chi connectivity index (χ1) is 5.08. The Morgan fingerprint density at radius 1 is 1.45 bits per heavy atom. The Bertz CT molecular complexity index is 132. The van der Waals surface area contributed by atoms with Gasteiger partial charge in [0.25, 0.3) is 0 Å². The molecule has 1 rings (SSSR count). The maximum Gasteiger partial charge on any atom is 0.0828 e. The van der Waals surface area contributed by atoms with E-state index in [1.165, 1.54) is 0 Å². The summed E-state index contributed by atoms with van der Waals surface area (Å²) in [5, 5.41) is 9.53. The zero-order valence-electron chi connectivity index (χ0n) is 7.63. The minimum Gasteiger partial charge on any atom is -0.390 e. The summed E-state index contributed by atoms with van der Waals surface area (Å²) < 4.78 is 5.21. The van der Waals surface area contributed by atoms with Gasteiger partial charge in [0, 0.05) is 5.92 Å². The van der Waals surface area contributed by atoms with Crippen LogP contribution in [0.15, 0.2) is 0 Å². The summed E-state index contributed by atoms with van der Waals surface area (Å²) in [6.45, 7) is 7.78. The zero-order chi connectivity index (χ0) is 8.48. The Hall–Kier alpha value is -0.0800. The van der Waals surface area contributed by atoms with Gasteiger partial charge in [-0.05, 0) is 5.41 Å². The molecular weight excluding hydrogens is 140 g/mol. The van der Waals surface area contributed by atoms with Crippen LogP contribution < -0.4 is 0 Å². The van der Waals surface area contributed by atoms with Crippen molar-refractivity contribution in [1.29, 1.82) is 0 Å². The van der Waals surface area contributed by atoms with Gasteiger partial charge in [-0.25, -0.2) is 0 Å². The third kappa shape index (κ3) is 1.74. The Kier molecular flexibility index (Phi) is 2.55. The van der Waals surface area contributed by atoms with Crippen molar-refractivity contribution in [1.82, 2.24) is 0 Å². The van der Waals surface area contributed by atoms with Crippen LogP contribution in [0.1, 0.15) is 27.2 Å². The smallest absolute Gasteiger partial charge is 0.0828 e. The van der Waals surface area contributed by atoms with Crippen LogP contribution in [0.5, 0.6) is 0 Å². The monoisotopic (exact) mass is 158 g/mol. The number of aliphatic hydroxyl groups excluding tert-OH is 1. The van der Waals surface area contributed by atoms with Crippen molar-refractivity contribution in [2.24, 2.45) is 11.3 Å². The predicted molar refractivity (Wildman–Crippen MR) is 44.4 cm³/mol. The van der Waals surface area contributed by atoms with E-state index in [1.807, 2.05) is 0 Å². The van der Waals surface area contributed by atoms with Crippen molar-refractivity contribution in [3.63, 3.8) is 0 Å². The van der Waals surface area contributed by atoms with E-state index in [2.05, 4.69) is 20.8 Å². The molecule has 0 saturated carbocycles. The number of aliphatic hydroxyl groups is 1. The predicted octanol–water partition coefficient (Wildman–Crippen LogP) is 1.43. The minimum atomic E-state index is -0.245. The third-order valence-electron chi connectivity index (χ3n) is 2.97. The lowest BCUT2D eigenvalue weighted by atomic mass is 9.75. The Labute approximate surface area is 68.6 Å². The van der Waals surface area contributed by atoms with Gasteiger partial charge in [-0.15, -0.1) is 0 Å². The topological polar surface area (TPSA) is 29.5 Å². The highest BCUT2D eigenvalue weighted by Crippen LogP contribution is 2.35. The van der Waals surface area contributed by atoms with Gasteiger partial charge < -0.3 is 9.84 Å². The molecule has 0 aliphatic carbocycles. The molecule has 0 aromatic rings. The second-order valence-corrected chi connectivity index (χ2v) is 4.05. The molecule has 1 aliphatic heterocycles. The van der Waals surface area contributed by atoms with Gasteiger partial charge in [-0.3, -0.25) is 0 Å². The molecule has 0 spiro atoms. The first kappa shape index (κ1) is 9.01. The van der Waals surface area contributed by atoms with Gasteiger partial charge in [0.2, 0.25) is 0 Å². The standard InChI is InChI=1S/C9H18O2/c1-4-9(2,3)7-5-11-6-8(7)10/h7-8,10H,4-6H2,1-3H3/t7-,8-/m1/s1. The van der Waals surface area contributed by atoms with Crippen LogP contribution in [0.2, 0.25) is 0 Å². The molecule has 66 valence electrons. The molecule has 1 saturated heterocycles. The first-order valence-corrected chi connectivity index (χ1v) is 4.33. The normalized spacial score (nSPS) is 32.7. The highest BCUT2D eigenvalue weighted by atomic mass is 16.5. The quantitative estimate of drug-likeness (QED) is 0.658.